The Morgan fingerprint density at radius 3 is 1.84 bits per heavy atom. The summed E-state index contributed by atoms with van der Waals surface area (Å²) in [6.45, 7) is 2.00. The topological polar surface area (TPSA) is 176 Å². The zero-order chi connectivity index (χ0) is 15.4. The number of nitrogens with two attached hydrogens (primary N) is 2. The minimum absolute atomic E-state index is 0.269. The Labute approximate surface area is 110 Å². The number of hydrogen-bond donors (Lipinski definition) is 6. The molecule has 0 bridgehead atoms. The third-order valence-corrected chi connectivity index (χ3v) is 1.92. The van der Waals surface area contributed by atoms with Crippen LogP contribution in [0.25, 0.3) is 0 Å². The number of rotatable bonds is 3. The normalized spacial score (nSPS) is 18.2. The van der Waals surface area contributed by atoms with Gasteiger partial charge in [-0.1, -0.05) is 0 Å². The molecule has 1 heterocycles. The summed E-state index contributed by atoms with van der Waals surface area (Å²) in [5, 5.41) is 26.7. The minimum atomic E-state index is -0.968. The largest absolute Gasteiger partial charge is 0.480 e. The molecule has 0 aromatic heterocycles. The highest BCUT2D eigenvalue weighted by Crippen LogP contribution is 2.03. The lowest BCUT2D eigenvalue weighted by Crippen LogP contribution is -2.29. The molecule has 1 aliphatic heterocycles. The summed E-state index contributed by atoms with van der Waals surface area (Å²) in [5.41, 5.74) is 9.41. The van der Waals surface area contributed by atoms with Gasteiger partial charge in [-0.15, -0.1) is 0 Å². The first kappa shape index (κ1) is 19.6. The maximum Gasteiger partial charge on any atom is 0.320 e. The lowest BCUT2D eigenvalue weighted by molar-refractivity contribution is -0.139. The van der Waals surface area contributed by atoms with Crippen LogP contribution in [0.1, 0.15) is 19.8 Å². The molecular formula is C10H21N3O6. The van der Waals surface area contributed by atoms with Gasteiger partial charge in [0.15, 0.2) is 0 Å². The molecule has 19 heavy (non-hydrogen) atoms. The third kappa shape index (κ3) is 14.2. The van der Waals surface area contributed by atoms with Crippen molar-refractivity contribution in [2.75, 3.05) is 13.1 Å². The van der Waals surface area contributed by atoms with Gasteiger partial charge < -0.3 is 32.1 Å². The number of aliphatic carboxylic acids is 3. The van der Waals surface area contributed by atoms with E-state index in [2.05, 4.69) is 11.1 Å². The Bertz CT molecular complexity index is 289. The van der Waals surface area contributed by atoms with Gasteiger partial charge in [0.1, 0.15) is 12.1 Å². The molecule has 112 valence electrons. The molecule has 0 amide bonds. The molecule has 1 unspecified atom stereocenters. The summed E-state index contributed by atoms with van der Waals surface area (Å²) in [5.74, 6) is -2.65. The molecule has 0 aliphatic carbocycles. The maximum absolute atomic E-state index is 10.1. The van der Waals surface area contributed by atoms with Crippen LogP contribution in [0.15, 0.2) is 0 Å². The molecule has 0 saturated carbocycles. The lowest BCUT2D eigenvalue weighted by atomic mass is 10.2. The van der Waals surface area contributed by atoms with Crippen LogP contribution in [0, 0.1) is 0 Å². The maximum atomic E-state index is 10.1. The molecule has 2 atom stereocenters. The van der Waals surface area contributed by atoms with Gasteiger partial charge >= 0.3 is 17.9 Å². The molecule has 9 nitrogen and oxygen atoms in total. The number of hydrogen-bond acceptors (Lipinski definition) is 6. The SMILES string of the molecule is CC(N)C(=O)O.NCC(=O)O.O=C(O)[C@@H]1CCCN1. The molecular weight excluding hydrogens is 258 g/mol. The predicted molar refractivity (Wildman–Crippen MR) is 66.6 cm³/mol. The van der Waals surface area contributed by atoms with Gasteiger partial charge in [0.25, 0.3) is 0 Å². The molecule has 1 rings (SSSR count). The van der Waals surface area contributed by atoms with Gasteiger partial charge in [0, 0.05) is 0 Å². The van der Waals surface area contributed by atoms with Crippen LogP contribution < -0.4 is 16.8 Å². The van der Waals surface area contributed by atoms with Crippen molar-refractivity contribution < 1.29 is 29.7 Å². The van der Waals surface area contributed by atoms with E-state index in [1.54, 1.807) is 0 Å². The van der Waals surface area contributed by atoms with Crippen LogP contribution in [0.5, 0.6) is 0 Å². The minimum Gasteiger partial charge on any atom is -0.480 e. The first-order chi connectivity index (χ1) is 8.72. The molecule has 1 fully saturated rings. The Hall–Kier alpha value is -1.71. The van der Waals surface area contributed by atoms with Crippen LogP contribution in [0.4, 0.5) is 0 Å². The third-order valence-electron chi connectivity index (χ3n) is 1.92. The standard InChI is InChI=1S/C5H9NO2.C3H7NO2.C2H5NO2/c7-5(8)4-2-1-3-6-4;1-2(4)3(5)6;3-1-2(4)5/h4,6H,1-3H2,(H,7,8);2H,4H2,1H3,(H,5,6);1,3H2,(H,4,5)/t4-;;/m0../s1. The Morgan fingerprint density at radius 1 is 1.32 bits per heavy atom. The van der Waals surface area contributed by atoms with Crippen molar-refractivity contribution in [3.05, 3.63) is 0 Å². The van der Waals surface area contributed by atoms with E-state index >= 15 is 0 Å². The molecule has 8 N–H and O–H groups in total. The quantitative estimate of drug-likeness (QED) is 0.350. The zero-order valence-electron chi connectivity index (χ0n) is 10.7. The predicted octanol–water partition coefficient (Wildman–Crippen LogP) is -1.73. The van der Waals surface area contributed by atoms with E-state index in [1.165, 1.54) is 6.92 Å². The van der Waals surface area contributed by atoms with Crippen LogP contribution >= 0.6 is 0 Å². The average Bonchev–Trinajstić information content (AvgIpc) is 2.84. The Kier molecular flexibility index (Phi) is 11.8. The summed E-state index contributed by atoms with van der Waals surface area (Å²) in [7, 11) is 0. The van der Waals surface area contributed by atoms with E-state index in [0.29, 0.717) is 0 Å². The van der Waals surface area contributed by atoms with Gasteiger partial charge in [0.05, 0.1) is 6.54 Å². The number of carboxylic acid groups (broad SMARTS) is 3. The van der Waals surface area contributed by atoms with E-state index in [4.69, 9.17) is 21.1 Å². The monoisotopic (exact) mass is 279 g/mol. The van der Waals surface area contributed by atoms with Crippen molar-refractivity contribution in [3.63, 3.8) is 0 Å². The Morgan fingerprint density at radius 2 is 1.74 bits per heavy atom. The van der Waals surface area contributed by atoms with Gasteiger partial charge in [-0.2, -0.15) is 0 Å². The first-order valence-electron chi connectivity index (χ1n) is 5.58. The van der Waals surface area contributed by atoms with Crippen LogP contribution in [0.3, 0.4) is 0 Å². The van der Waals surface area contributed by atoms with Crippen molar-refractivity contribution in [3.8, 4) is 0 Å². The smallest absolute Gasteiger partial charge is 0.320 e. The molecule has 9 heteroatoms. The second kappa shape index (κ2) is 11.4. The fourth-order valence-corrected chi connectivity index (χ4v) is 0.895. The average molecular weight is 279 g/mol. The van der Waals surface area contributed by atoms with Gasteiger partial charge in [-0.25, -0.2) is 0 Å². The second-order valence-electron chi connectivity index (χ2n) is 3.71. The molecule has 0 aromatic rings. The molecule has 0 radical (unpaired) electrons. The van der Waals surface area contributed by atoms with Crippen molar-refractivity contribution in [2.24, 2.45) is 11.5 Å². The van der Waals surface area contributed by atoms with Crippen molar-refractivity contribution >= 4 is 17.9 Å². The fourth-order valence-electron chi connectivity index (χ4n) is 0.895. The molecule has 1 aliphatic rings. The van der Waals surface area contributed by atoms with Gasteiger partial charge in [-0.3, -0.25) is 14.4 Å². The fraction of sp³-hybridized carbons (Fsp3) is 0.700. The van der Waals surface area contributed by atoms with Crippen molar-refractivity contribution in [1.29, 1.82) is 0 Å². The summed E-state index contributed by atoms with van der Waals surface area (Å²) in [6, 6.07) is -1.00. The number of nitrogens with one attached hydrogen (secondary N) is 1. The molecule has 1 saturated heterocycles. The van der Waals surface area contributed by atoms with Gasteiger partial charge in [-0.05, 0) is 26.3 Å². The van der Waals surface area contributed by atoms with Crippen LogP contribution in [-0.4, -0.2) is 58.4 Å². The van der Waals surface area contributed by atoms with E-state index < -0.39 is 23.9 Å². The van der Waals surface area contributed by atoms with Crippen molar-refractivity contribution in [1.82, 2.24) is 5.32 Å². The van der Waals surface area contributed by atoms with Gasteiger partial charge in [0.2, 0.25) is 0 Å². The van der Waals surface area contributed by atoms with E-state index in [0.717, 1.165) is 19.4 Å². The van der Waals surface area contributed by atoms with E-state index in [9.17, 15) is 14.4 Å². The lowest BCUT2D eigenvalue weighted by Gasteiger charge is -1.99. The van der Waals surface area contributed by atoms with E-state index in [1.807, 2.05) is 0 Å². The highest BCUT2D eigenvalue weighted by molar-refractivity contribution is 5.73. The van der Waals surface area contributed by atoms with Crippen molar-refractivity contribution in [2.45, 2.75) is 31.8 Å². The van der Waals surface area contributed by atoms with Crippen LogP contribution in [-0.2, 0) is 14.4 Å². The molecule has 0 aromatic carbocycles. The first-order valence-corrected chi connectivity index (χ1v) is 5.58. The molecule has 0 spiro atoms. The highest BCUT2D eigenvalue weighted by Gasteiger charge is 2.20. The Balaban J connectivity index is 0. The highest BCUT2D eigenvalue weighted by atomic mass is 16.4. The summed E-state index contributed by atoms with van der Waals surface area (Å²) in [4.78, 5) is 29.0. The summed E-state index contributed by atoms with van der Waals surface area (Å²) in [6.07, 6.45) is 1.78. The number of carboxylic acids is 3. The van der Waals surface area contributed by atoms with E-state index in [-0.39, 0.29) is 12.6 Å². The van der Waals surface area contributed by atoms with Crippen LogP contribution in [0.2, 0.25) is 0 Å². The second-order valence-corrected chi connectivity index (χ2v) is 3.71. The zero-order valence-corrected chi connectivity index (χ0v) is 10.7. The summed E-state index contributed by atoms with van der Waals surface area (Å²) >= 11 is 0. The number of carbonyl (C=O) groups is 3. The summed E-state index contributed by atoms with van der Waals surface area (Å²) < 4.78 is 0.